The summed E-state index contributed by atoms with van der Waals surface area (Å²) in [4.78, 5) is 2.83. The molecule has 1 aliphatic carbocycles. The van der Waals surface area contributed by atoms with E-state index in [2.05, 4.69) is 42.2 Å². The molecule has 3 rings (SSSR count). The van der Waals surface area contributed by atoms with Crippen LogP contribution in [-0.4, -0.2) is 37.0 Å². The van der Waals surface area contributed by atoms with Gasteiger partial charge in [-0.25, -0.2) is 0 Å². The molecule has 2 aliphatic rings. The molecule has 3 nitrogen and oxygen atoms in total. The third-order valence-electron chi connectivity index (χ3n) is 6.64. The molecule has 1 heterocycles. The molecule has 0 N–H and O–H groups in total. The van der Waals surface area contributed by atoms with Gasteiger partial charge in [0.25, 0.3) is 0 Å². The lowest BCUT2D eigenvalue weighted by molar-refractivity contribution is -0.153. The number of piperidine rings is 1. The lowest BCUT2D eigenvalue weighted by atomic mass is 9.64. The fraction of sp³-hybridized carbons (Fsp3) is 0.739. The van der Waals surface area contributed by atoms with E-state index in [4.69, 9.17) is 9.47 Å². The van der Waals surface area contributed by atoms with Crippen LogP contribution >= 0.6 is 0 Å². The minimum Gasteiger partial charge on any atom is -0.359 e. The third-order valence-corrected chi connectivity index (χ3v) is 6.64. The van der Waals surface area contributed by atoms with Crippen molar-refractivity contribution < 1.29 is 9.47 Å². The van der Waals surface area contributed by atoms with Gasteiger partial charge in [-0.05, 0) is 50.6 Å². The number of methoxy groups -OCH3 is 1. The van der Waals surface area contributed by atoms with Crippen molar-refractivity contribution in [3.05, 3.63) is 35.9 Å². The molecule has 0 aromatic heterocycles. The van der Waals surface area contributed by atoms with Crippen molar-refractivity contribution >= 4 is 0 Å². The molecule has 0 radical (unpaired) electrons. The van der Waals surface area contributed by atoms with Gasteiger partial charge in [-0.3, -0.25) is 4.90 Å². The molecule has 0 unspecified atom stereocenters. The molecule has 1 saturated heterocycles. The Labute approximate surface area is 160 Å². The number of unbranched alkanes of at least 4 members (excludes halogenated alkanes) is 1. The summed E-state index contributed by atoms with van der Waals surface area (Å²) in [6, 6.07) is 11.0. The normalized spacial score (nSPS) is 29.9. The summed E-state index contributed by atoms with van der Waals surface area (Å²) in [6.45, 7) is 5.06. The molecule has 2 fully saturated rings. The Hall–Kier alpha value is -0.900. The largest absolute Gasteiger partial charge is 0.359 e. The van der Waals surface area contributed by atoms with Crippen molar-refractivity contribution in [2.75, 3.05) is 20.4 Å². The van der Waals surface area contributed by atoms with Crippen LogP contribution in [0.2, 0.25) is 0 Å². The Bertz CT molecular complexity index is 516. The van der Waals surface area contributed by atoms with Gasteiger partial charge in [-0.15, -0.1) is 0 Å². The number of hydrogen-bond acceptors (Lipinski definition) is 3. The van der Waals surface area contributed by atoms with E-state index in [0.29, 0.717) is 24.4 Å². The highest BCUT2D eigenvalue weighted by Crippen LogP contribution is 2.48. The van der Waals surface area contributed by atoms with Gasteiger partial charge in [0.1, 0.15) is 6.79 Å². The smallest absolute Gasteiger partial charge is 0.146 e. The summed E-state index contributed by atoms with van der Waals surface area (Å²) in [5.41, 5.74) is 1.77. The molecule has 0 amide bonds. The van der Waals surface area contributed by atoms with Gasteiger partial charge in [0.15, 0.2) is 0 Å². The molecule has 0 bridgehead atoms. The fourth-order valence-electron chi connectivity index (χ4n) is 5.43. The maximum Gasteiger partial charge on any atom is 0.146 e. The first kappa shape index (κ1) is 19.9. The molecule has 1 spiro atoms. The minimum atomic E-state index is 0.319. The van der Waals surface area contributed by atoms with Gasteiger partial charge in [-0.2, -0.15) is 0 Å². The van der Waals surface area contributed by atoms with Gasteiger partial charge < -0.3 is 9.47 Å². The topological polar surface area (TPSA) is 21.7 Å². The van der Waals surface area contributed by atoms with Gasteiger partial charge in [0.05, 0.1) is 6.10 Å². The molecular weight excluding hydrogens is 322 g/mol. The zero-order valence-electron chi connectivity index (χ0n) is 16.8. The van der Waals surface area contributed by atoms with Crippen molar-refractivity contribution in [1.82, 2.24) is 4.90 Å². The summed E-state index contributed by atoms with van der Waals surface area (Å²) in [5, 5.41) is 0. The monoisotopic (exact) mass is 359 g/mol. The minimum absolute atomic E-state index is 0.319. The van der Waals surface area contributed by atoms with Crippen LogP contribution in [0.15, 0.2) is 30.3 Å². The Kier molecular flexibility index (Phi) is 7.53. The molecule has 1 aromatic carbocycles. The first-order chi connectivity index (χ1) is 12.8. The molecule has 1 aliphatic heterocycles. The van der Waals surface area contributed by atoms with Crippen molar-refractivity contribution in [2.24, 2.45) is 5.92 Å². The van der Waals surface area contributed by atoms with E-state index in [1.807, 2.05) is 0 Å². The van der Waals surface area contributed by atoms with E-state index in [-0.39, 0.29) is 0 Å². The van der Waals surface area contributed by atoms with Crippen LogP contribution in [0.3, 0.4) is 0 Å². The summed E-state index contributed by atoms with van der Waals surface area (Å²) in [7, 11) is 1.74. The van der Waals surface area contributed by atoms with Crippen LogP contribution in [0.4, 0.5) is 0 Å². The van der Waals surface area contributed by atoms with Gasteiger partial charge >= 0.3 is 0 Å². The van der Waals surface area contributed by atoms with E-state index in [0.717, 1.165) is 6.54 Å². The van der Waals surface area contributed by atoms with Crippen molar-refractivity contribution in [3.63, 3.8) is 0 Å². The molecular formula is C23H37NO2. The number of rotatable bonds is 8. The van der Waals surface area contributed by atoms with Crippen LogP contribution in [0.25, 0.3) is 0 Å². The van der Waals surface area contributed by atoms with E-state index in [1.165, 1.54) is 69.9 Å². The quantitative estimate of drug-likeness (QED) is 0.581. The number of hydrogen-bond donors (Lipinski definition) is 0. The number of ether oxygens (including phenoxy) is 2. The van der Waals surface area contributed by atoms with E-state index in [1.54, 1.807) is 7.11 Å². The predicted molar refractivity (Wildman–Crippen MR) is 107 cm³/mol. The average Bonchev–Trinajstić information content (AvgIpc) is 2.68. The van der Waals surface area contributed by atoms with Crippen LogP contribution < -0.4 is 0 Å². The zero-order valence-corrected chi connectivity index (χ0v) is 16.8. The summed E-state index contributed by atoms with van der Waals surface area (Å²) < 4.78 is 11.5. The first-order valence-corrected chi connectivity index (χ1v) is 10.7. The summed E-state index contributed by atoms with van der Waals surface area (Å²) in [6.07, 6.45) is 12.1. The van der Waals surface area contributed by atoms with Crippen LogP contribution in [0.5, 0.6) is 0 Å². The maximum atomic E-state index is 6.22. The van der Waals surface area contributed by atoms with Crippen LogP contribution in [0.1, 0.15) is 70.3 Å². The summed E-state index contributed by atoms with van der Waals surface area (Å²) in [5.74, 6) is 0.635. The second kappa shape index (κ2) is 9.87. The number of likely N-dealkylation sites (tertiary alicyclic amines) is 1. The zero-order chi connectivity index (χ0) is 18.2. The molecule has 26 heavy (non-hydrogen) atoms. The van der Waals surface area contributed by atoms with Crippen molar-refractivity contribution in [1.29, 1.82) is 0 Å². The van der Waals surface area contributed by atoms with Crippen LogP contribution in [0, 0.1) is 5.92 Å². The second-order valence-corrected chi connectivity index (χ2v) is 8.22. The average molecular weight is 360 g/mol. The fourth-order valence-corrected chi connectivity index (χ4v) is 5.43. The Morgan fingerprint density at radius 3 is 2.69 bits per heavy atom. The van der Waals surface area contributed by atoms with Gasteiger partial charge in [0.2, 0.25) is 0 Å². The van der Waals surface area contributed by atoms with Crippen LogP contribution in [-0.2, 0) is 16.0 Å². The summed E-state index contributed by atoms with van der Waals surface area (Å²) >= 11 is 0. The van der Waals surface area contributed by atoms with E-state index < -0.39 is 0 Å². The highest BCUT2D eigenvalue weighted by Gasteiger charge is 2.49. The first-order valence-electron chi connectivity index (χ1n) is 10.7. The molecule has 3 atom stereocenters. The Morgan fingerprint density at radius 2 is 1.92 bits per heavy atom. The van der Waals surface area contributed by atoms with Crippen molar-refractivity contribution in [2.45, 2.75) is 82.9 Å². The van der Waals surface area contributed by atoms with Crippen molar-refractivity contribution in [3.8, 4) is 0 Å². The predicted octanol–water partition coefficient (Wildman–Crippen LogP) is 5.39. The molecule has 1 aromatic rings. The standard InChI is InChI=1S/C23H37NO2/c1-3-4-13-21-22(26-19-25-2)14-10-16-23(21)15-8-9-17-24(23)18-20-11-6-5-7-12-20/h5-7,11-12,21-22H,3-4,8-10,13-19H2,1-2H3/t21-,22+,23+/m0/s1. The van der Waals surface area contributed by atoms with E-state index in [9.17, 15) is 0 Å². The van der Waals surface area contributed by atoms with Gasteiger partial charge in [0, 0.05) is 25.1 Å². The SMILES string of the molecule is CCCC[C@H]1[C@H](OCOC)CCC[C@]12CCCCN2Cc1ccccc1. The number of benzene rings is 1. The highest BCUT2D eigenvalue weighted by molar-refractivity contribution is 5.16. The van der Waals surface area contributed by atoms with E-state index >= 15 is 0 Å². The number of nitrogens with zero attached hydrogens (tertiary/aromatic N) is 1. The highest BCUT2D eigenvalue weighted by atomic mass is 16.7. The lowest BCUT2D eigenvalue weighted by Crippen LogP contribution is -2.61. The Morgan fingerprint density at radius 1 is 1.12 bits per heavy atom. The third kappa shape index (κ3) is 4.49. The molecule has 1 saturated carbocycles. The van der Waals surface area contributed by atoms with Gasteiger partial charge in [-0.1, -0.05) is 56.5 Å². The Balaban J connectivity index is 1.84. The molecule has 146 valence electrons. The molecule has 3 heteroatoms. The maximum absolute atomic E-state index is 6.22. The lowest BCUT2D eigenvalue weighted by Gasteiger charge is -2.56. The second-order valence-electron chi connectivity index (χ2n) is 8.22.